The Kier molecular flexibility index (Phi) is 3.27. The highest BCUT2D eigenvalue weighted by Gasteiger charge is 1.91. The molecule has 1 heterocycles. The number of hydrogen-bond donors (Lipinski definition) is 2. The van der Waals surface area contributed by atoms with Crippen molar-refractivity contribution in [2.75, 3.05) is 6.54 Å². The lowest BCUT2D eigenvalue weighted by Gasteiger charge is -1.94. The zero-order valence-corrected chi connectivity index (χ0v) is 6.62. The van der Waals surface area contributed by atoms with Crippen LogP contribution in [-0.4, -0.2) is 16.6 Å². The maximum absolute atomic E-state index is 8.77. The lowest BCUT2D eigenvalue weighted by molar-refractivity contribution is 0.281. The first-order valence-electron chi connectivity index (χ1n) is 3.60. The van der Waals surface area contributed by atoms with E-state index in [2.05, 4.69) is 16.8 Å². The van der Waals surface area contributed by atoms with Gasteiger partial charge in [0.2, 0.25) is 0 Å². The number of rotatable bonds is 1. The molecule has 12 heavy (non-hydrogen) atoms. The number of aliphatic hydroxyl groups excluding tert-OH is 1. The van der Waals surface area contributed by atoms with Crippen LogP contribution in [0.15, 0.2) is 18.5 Å². The molecular formula is C9H10N2O. The average Bonchev–Trinajstić information content (AvgIpc) is 2.15. The summed E-state index contributed by atoms with van der Waals surface area (Å²) in [5.41, 5.74) is 6.75. The van der Waals surface area contributed by atoms with Crippen LogP contribution in [0.25, 0.3) is 0 Å². The third-order valence-corrected chi connectivity index (χ3v) is 1.31. The Morgan fingerprint density at radius 2 is 2.33 bits per heavy atom. The molecule has 0 aliphatic heterocycles. The van der Waals surface area contributed by atoms with Gasteiger partial charge in [0.1, 0.15) is 0 Å². The first-order chi connectivity index (χ1) is 5.86. The Bertz CT molecular complexity index is 312. The van der Waals surface area contributed by atoms with Crippen molar-refractivity contribution in [3.05, 3.63) is 29.6 Å². The summed E-state index contributed by atoms with van der Waals surface area (Å²) in [5.74, 6) is 5.54. The van der Waals surface area contributed by atoms with Gasteiger partial charge in [-0.15, -0.1) is 0 Å². The summed E-state index contributed by atoms with van der Waals surface area (Å²) >= 11 is 0. The lowest BCUT2D eigenvalue weighted by Crippen LogP contribution is -1.93. The van der Waals surface area contributed by atoms with Gasteiger partial charge in [-0.25, -0.2) is 0 Å². The van der Waals surface area contributed by atoms with E-state index in [9.17, 15) is 0 Å². The van der Waals surface area contributed by atoms with E-state index < -0.39 is 0 Å². The van der Waals surface area contributed by atoms with Crippen molar-refractivity contribution in [1.29, 1.82) is 0 Å². The highest BCUT2D eigenvalue weighted by molar-refractivity contribution is 5.34. The van der Waals surface area contributed by atoms with Crippen molar-refractivity contribution in [1.82, 2.24) is 4.98 Å². The van der Waals surface area contributed by atoms with Crippen molar-refractivity contribution < 1.29 is 5.11 Å². The molecule has 0 aliphatic carbocycles. The smallest absolute Gasteiger partial charge is 0.0697 e. The molecule has 0 radical (unpaired) electrons. The monoisotopic (exact) mass is 162 g/mol. The van der Waals surface area contributed by atoms with Gasteiger partial charge in [-0.05, 0) is 11.6 Å². The van der Waals surface area contributed by atoms with Crippen molar-refractivity contribution >= 4 is 0 Å². The van der Waals surface area contributed by atoms with E-state index in [0.29, 0.717) is 6.54 Å². The number of nitrogens with zero attached hydrogens (tertiary/aromatic N) is 1. The molecule has 0 unspecified atom stereocenters. The van der Waals surface area contributed by atoms with Gasteiger partial charge in [-0.2, -0.15) is 0 Å². The predicted molar refractivity (Wildman–Crippen MR) is 46.1 cm³/mol. The minimum Gasteiger partial charge on any atom is -0.392 e. The van der Waals surface area contributed by atoms with E-state index >= 15 is 0 Å². The summed E-state index contributed by atoms with van der Waals surface area (Å²) in [7, 11) is 0. The van der Waals surface area contributed by atoms with Crippen LogP contribution in [-0.2, 0) is 6.61 Å². The molecule has 0 aliphatic rings. The Hall–Kier alpha value is -1.37. The van der Waals surface area contributed by atoms with E-state index in [4.69, 9.17) is 10.8 Å². The quantitative estimate of drug-likeness (QED) is 0.566. The van der Waals surface area contributed by atoms with E-state index in [1.807, 2.05) is 0 Å². The summed E-state index contributed by atoms with van der Waals surface area (Å²) in [5, 5.41) is 8.77. The number of aromatic nitrogens is 1. The van der Waals surface area contributed by atoms with Gasteiger partial charge in [-0.1, -0.05) is 11.8 Å². The molecule has 0 saturated carbocycles. The molecule has 0 bridgehead atoms. The van der Waals surface area contributed by atoms with Crippen molar-refractivity contribution in [2.24, 2.45) is 5.73 Å². The number of hydrogen-bond acceptors (Lipinski definition) is 3. The molecule has 0 atom stereocenters. The molecule has 3 nitrogen and oxygen atoms in total. The van der Waals surface area contributed by atoms with Crippen LogP contribution in [0.5, 0.6) is 0 Å². The van der Waals surface area contributed by atoms with Gasteiger partial charge in [0.25, 0.3) is 0 Å². The van der Waals surface area contributed by atoms with Gasteiger partial charge >= 0.3 is 0 Å². The topological polar surface area (TPSA) is 59.1 Å². The van der Waals surface area contributed by atoms with Crippen molar-refractivity contribution in [3.8, 4) is 11.8 Å². The molecule has 0 spiro atoms. The van der Waals surface area contributed by atoms with Crippen LogP contribution in [0.1, 0.15) is 11.1 Å². The summed E-state index contributed by atoms with van der Waals surface area (Å²) in [6, 6.07) is 1.79. The van der Waals surface area contributed by atoms with Crippen LogP contribution in [0.4, 0.5) is 0 Å². The Balaban J connectivity index is 2.86. The summed E-state index contributed by atoms with van der Waals surface area (Å²) in [4.78, 5) is 3.91. The Labute approximate surface area is 71.2 Å². The standard InChI is InChI=1S/C9H10N2O/c10-3-1-2-8-4-9(7-12)6-11-5-8/h4-6,12H,3,7,10H2. The highest BCUT2D eigenvalue weighted by atomic mass is 16.3. The fraction of sp³-hybridized carbons (Fsp3) is 0.222. The maximum Gasteiger partial charge on any atom is 0.0697 e. The molecule has 1 aromatic rings. The molecule has 0 saturated heterocycles. The molecule has 3 heteroatoms. The first kappa shape index (κ1) is 8.72. The number of nitrogens with two attached hydrogens (primary N) is 1. The minimum absolute atomic E-state index is 0.00878. The zero-order valence-electron chi connectivity index (χ0n) is 6.62. The SMILES string of the molecule is NCC#Cc1cncc(CO)c1. The van der Waals surface area contributed by atoms with Gasteiger partial charge in [-0.3, -0.25) is 4.98 Å². The second-order valence-corrected chi connectivity index (χ2v) is 2.25. The number of aliphatic hydroxyl groups is 1. The highest BCUT2D eigenvalue weighted by Crippen LogP contribution is 2.00. The molecule has 0 fully saturated rings. The Morgan fingerprint density at radius 1 is 1.50 bits per heavy atom. The van der Waals surface area contributed by atoms with Gasteiger partial charge in [0, 0.05) is 18.0 Å². The average molecular weight is 162 g/mol. The predicted octanol–water partition coefficient (Wildman–Crippen LogP) is -0.116. The van der Waals surface area contributed by atoms with Gasteiger partial charge in [0.15, 0.2) is 0 Å². The minimum atomic E-state index is -0.00878. The second-order valence-electron chi connectivity index (χ2n) is 2.25. The number of pyridine rings is 1. The van der Waals surface area contributed by atoms with Crippen molar-refractivity contribution in [3.63, 3.8) is 0 Å². The van der Waals surface area contributed by atoms with Crippen LogP contribution in [0.2, 0.25) is 0 Å². The molecule has 1 aromatic heterocycles. The fourth-order valence-electron chi connectivity index (χ4n) is 0.795. The van der Waals surface area contributed by atoms with Crippen LogP contribution < -0.4 is 5.73 Å². The fourth-order valence-corrected chi connectivity index (χ4v) is 0.795. The van der Waals surface area contributed by atoms with E-state index in [0.717, 1.165) is 11.1 Å². The third-order valence-electron chi connectivity index (χ3n) is 1.31. The van der Waals surface area contributed by atoms with E-state index in [1.54, 1.807) is 18.5 Å². The Morgan fingerprint density at radius 3 is 3.00 bits per heavy atom. The van der Waals surface area contributed by atoms with Gasteiger partial charge in [0.05, 0.1) is 13.2 Å². The van der Waals surface area contributed by atoms with Gasteiger partial charge < -0.3 is 10.8 Å². The molecule has 3 N–H and O–H groups in total. The van der Waals surface area contributed by atoms with Crippen LogP contribution in [0, 0.1) is 11.8 Å². The summed E-state index contributed by atoms with van der Waals surface area (Å²) in [6.07, 6.45) is 3.25. The summed E-state index contributed by atoms with van der Waals surface area (Å²) in [6.45, 7) is 0.328. The zero-order chi connectivity index (χ0) is 8.81. The first-order valence-corrected chi connectivity index (χ1v) is 3.60. The molecule has 62 valence electrons. The summed E-state index contributed by atoms with van der Waals surface area (Å²) < 4.78 is 0. The van der Waals surface area contributed by atoms with Crippen molar-refractivity contribution in [2.45, 2.75) is 6.61 Å². The second kappa shape index (κ2) is 4.50. The molecule has 0 aromatic carbocycles. The van der Waals surface area contributed by atoms with E-state index in [1.165, 1.54) is 0 Å². The molecular weight excluding hydrogens is 152 g/mol. The lowest BCUT2D eigenvalue weighted by atomic mass is 10.2. The van der Waals surface area contributed by atoms with Crippen LogP contribution >= 0.6 is 0 Å². The third kappa shape index (κ3) is 2.35. The normalized spacial score (nSPS) is 8.83. The largest absolute Gasteiger partial charge is 0.392 e. The maximum atomic E-state index is 8.77. The molecule has 1 rings (SSSR count). The van der Waals surface area contributed by atoms with E-state index in [-0.39, 0.29) is 6.61 Å². The molecule has 0 amide bonds. The van der Waals surface area contributed by atoms with Crippen LogP contribution in [0.3, 0.4) is 0 Å².